The van der Waals surface area contributed by atoms with Crippen LogP contribution in [-0.4, -0.2) is 0 Å². The number of benzene rings is 8. The quantitative estimate of drug-likeness (QED) is 0.0688. The van der Waals surface area contributed by atoms with Crippen LogP contribution in [0.1, 0.15) is 193 Å². The van der Waals surface area contributed by atoms with E-state index in [0.717, 1.165) is 40.2 Å². The molecule has 0 saturated carbocycles. The predicted octanol–water partition coefficient (Wildman–Crippen LogP) is 25.2. The van der Waals surface area contributed by atoms with Crippen LogP contribution >= 0.6 is 0 Å². The van der Waals surface area contributed by atoms with E-state index in [-0.39, 0.29) is 22.2 Å². The number of fused-ring (bicyclic) bond motifs is 2. The molecule has 0 aromatic heterocycles. The second-order valence-electron chi connectivity index (χ2n) is 28.8. The van der Waals surface area contributed by atoms with E-state index >= 15 is 0 Å². The van der Waals surface area contributed by atoms with Crippen LogP contribution in [0, 0.1) is 0 Å². The van der Waals surface area contributed by atoms with Crippen LogP contribution in [-0.2, 0) is 33.5 Å². The molecule has 1 nitrogen and oxygen atoms in total. The second-order valence-corrected chi connectivity index (χ2v) is 28.8. The fourth-order valence-electron chi connectivity index (χ4n) is 15.4. The zero-order chi connectivity index (χ0) is 66.4. The molecular weight excluding hydrogens is 1120 g/mol. The average molecular weight is 1210 g/mol. The molecule has 8 aromatic rings. The Morgan fingerprint density at radius 2 is 1.14 bits per heavy atom. The van der Waals surface area contributed by atoms with Gasteiger partial charge in [-0.3, -0.25) is 0 Å². The SMILES string of the molecule is C=C/C=C1\C(=C/C)C(C)=C(C)C1(/C(=C\C)c1ccc(N(c2ccc(C3=Cc4ccc(C(C)(C)C)cc4C3c3ccccc3/C=C/C)cc2)c2ccc(C3=Cc4ccc(C(C)(C)C)cc4C3(C(=C)/C=C\C)c3ccccc3CC=C)cc2)cc1)c1cccc(C(C)(C)C)c1. The Morgan fingerprint density at radius 1 is 0.548 bits per heavy atom. The maximum absolute atomic E-state index is 4.99. The van der Waals surface area contributed by atoms with Crippen molar-refractivity contribution in [1.29, 1.82) is 0 Å². The van der Waals surface area contributed by atoms with Gasteiger partial charge < -0.3 is 4.90 Å². The lowest BCUT2D eigenvalue weighted by molar-refractivity contribution is 0.587. The van der Waals surface area contributed by atoms with Gasteiger partial charge in [0.15, 0.2) is 0 Å². The summed E-state index contributed by atoms with van der Waals surface area (Å²) in [4.78, 5) is 2.44. The first-order chi connectivity index (χ1) is 44.5. The summed E-state index contributed by atoms with van der Waals surface area (Å²) in [5.74, 6) is 0.0560. The molecule has 3 atom stereocenters. The molecule has 0 spiro atoms. The van der Waals surface area contributed by atoms with Crippen molar-refractivity contribution in [3.63, 3.8) is 0 Å². The van der Waals surface area contributed by atoms with Crippen molar-refractivity contribution in [3.05, 3.63) is 362 Å². The van der Waals surface area contributed by atoms with Crippen molar-refractivity contribution in [2.24, 2.45) is 0 Å². The first-order valence-corrected chi connectivity index (χ1v) is 33.5. The summed E-state index contributed by atoms with van der Waals surface area (Å²) in [5, 5.41) is 0. The van der Waals surface area contributed by atoms with Gasteiger partial charge in [-0.05, 0) is 235 Å². The third-order valence-electron chi connectivity index (χ3n) is 20.2. The van der Waals surface area contributed by atoms with Gasteiger partial charge in [-0.25, -0.2) is 0 Å². The molecule has 0 saturated heterocycles. The van der Waals surface area contributed by atoms with Crippen LogP contribution in [0.5, 0.6) is 0 Å². The summed E-state index contributed by atoms with van der Waals surface area (Å²) in [5.41, 5.74) is 30.6. The highest BCUT2D eigenvalue weighted by Crippen LogP contribution is 2.60. The van der Waals surface area contributed by atoms with E-state index < -0.39 is 10.8 Å². The molecule has 0 bridgehead atoms. The Kier molecular flexibility index (Phi) is 18.0. The predicted molar refractivity (Wildman–Crippen MR) is 406 cm³/mol. The van der Waals surface area contributed by atoms with Gasteiger partial charge in [0.2, 0.25) is 0 Å². The monoisotopic (exact) mass is 1210 g/mol. The van der Waals surface area contributed by atoms with E-state index in [1.54, 1.807) is 0 Å². The minimum atomic E-state index is -0.681. The van der Waals surface area contributed by atoms with Gasteiger partial charge >= 0.3 is 0 Å². The molecule has 0 aliphatic heterocycles. The highest BCUT2D eigenvalue weighted by Gasteiger charge is 2.49. The Morgan fingerprint density at radius 3 is 1.74 bits per heavy atom. The van der Waals surface area contributed by atoms with Gasteiger partial charge in [0.25, 0.3) is 0 Å². The number of hydrogen-bond acceptors (Lipinski definition) is 1. The lowest BCUT2D eigenvalue weighted by Gasteiger charge is -2.38. The molecule has 468 valence electrons. The van der Waals surface area contributed by atoms with Crippen LogP contribution in [0.15, 0.2) is 278 Å². The van der Waals surface area contributed by atoms with Crippen molar-refractivity contribution < 1.29 is 0 Å². The summed E-state index contributed by atoms with van der Waals surface area (Å²) < 4.78 is 0. The van der Waals surface area contributed by atoms with Gasteiger partial charge in [-0.2, -0.15) is 0 Å². The maximum atomic E-state index is 4.99. The fraction of sp³-hybridized carbons (Fsp3) is 0.239. The lowest BCUT2D eigenvalue weighted by Crippen LogP contribution is -2.31. The molecule has 0 heterocycles. The number of rotatable bonds is 16. The summed E-state index contributed by atoms with van der Waals surface area (Å²) >= 11 is 0. The van der Waals surface area contributed by atoms with E-state index in [1.807, 2.05) is 12.2 Å². The highest BCUT2D eigenvalue weighted by atomic mass is 15.1. The number of allylic oxidation sites excluding steroid dienone is 16. The van der Waals surface area contributed by atoms with Gasteiger partial charge in [-0.1, -0.05) is 281 Å². The molecular formula is C92H95N. The smallest absolute Gasteiger partial charge is 0.0710 e. The minimum absolute atomic E-state index is 0.00363. The van der Waals surface area contributed by atoms with Crippen molar-refractivity contribution in [1.82, 2.24) is 0 Å². The molecule has 8 aromatic carbocycles. The zero-order valence-electron chi connectivity index (χ0n) is 58.0. The molecule has 3 aliphatic carbocycles. The van der Waals surface area contributed by atoms with E-state index in [4.69, 9.17) is 6.58 Å². The summed E-state index contributed by atoms with van der Waals surface area (Å²) in [7, 11) is 0. The van der Waals surface area contributed by atoms with Crippen LogP contribution in [0.25, 0.3) is 34.9 Å². The van der Waals surface area contributed by atoms with Crippen LogP contribution in [0.3, 0.4) is 0 Å². The van der Waals surface area contributed by atoms with E-state index in [2.05, 4.69) is 359 Å². The number of anilines is 3. The van der Waals surface area contributed by atoms with Gasteiger partial charge in [0.05, 0.1) is 10.8 Å². The molecule has 0 fully saturated rings. The molecule has 3 aliphatic rings. The van der Waals surface area contributed by atoms with E-state index in [1.165, 1.54) is 111 Å². The van der Waals surface area contributed by atoms with Crippen molar-refractivity contribution >= 4 is 52.0 Å². The average Bonchev–Trinajstić information content (AvgIpc) is 1.60. The van der Waals surface area contributed by atoms with Gasteiger partial charge in [0, 0.05) is 23.0 Å². The molecule has 93 heavy (non-hydrogen) atoms. The van der Waals surface area contributed by atoms with E-state index in [9.17, 15) is 0 Å². The highest BCUT2D eigenvalue weighted by molar-refractivity contribution is 6.01. The molecule has 11 rings (SSSR count). The van der Waals surface area contributed by atoms with Crippen LogP contribution in [0.2, 0.25) is 0 Å². The van der Waals surface area contributed by atoms with Gasteiger partial charge in [-0.15, -0.1) is 6.58 Å². The first-order valence-electron chi connectivity index (χ1n) is 33.5. The fourth-order valence-corrected chi connectivity index (χ4v) is 15.4. The summed E-state index contributed by atoms with van der Waals surface area (Å²) in [6.07, 6.45) is 25.3. The Labute approximate surface area is 558 Å². The Bertz CT molecular complexity index is 4490. The first kappa shape index (κ1) is 65.2. The topological polar surface area (TPSA) is 3.24 Å². The lowest BCUT2D eigenvalue weighted by atomic mass is 9.63. The maximum Gasteiger partial charge on any atom is 0.0710 e. The standard InChI is InChI=1S/C92H95N/c1-19-30-61(7)91(83-39-28-26-35-66(83)32-21-3)85(57-70-41-49-73(60-86(70)91)90(16,17)18)68-46-54-77(55-47-68)93(75-50-42-65(43-51-75)80-56-69-40-48-72(89(13,14)15)59-81(69)87(80)79-38-27-25-34-64(79)31-20-2)76-52-44-67(45-53-76)82(24-6)92(74-37-29-36-71(58-74)88(10,11)12)63(9)62(8)78(23-5)84(92)33-22-4/h19-31,33-60,87H,3-4,7,32H2,1-2,5-6,8-18H3/b30-19-,31-20+,78-23-,82-24-,84-33+. The van der Waals surface area contributed by atoms with E-state index in [0.29, 0.717) is 0 Å². The zero-order valence-corrected chi connectivity index (χ0v) is 58.0. The van der Waals surface area contributed by atoms with Crippen molar-refractivity contribution in [3.8, 4) is 0 Å². The largest absolute Gasteiger partial charge is 0.311 e. The molecule has 3 unspecified atom stereocenters. The summed E-state index contributed by atoms with van der Waals surface area (Å²) in [6, 6.07) is 69.5. The molecule has 0 radical (unpaired) electrons. The normalized spacial score (nSPS) is 19.2. The Balaban J connectivity index is 1.09. The minimum Gasteiger partial charge on any atom is -0.311 e. The Hall–Kier alpha value is -9.30. The second kappa shape index (κ2) is 25.7. The number of nitrogens with zero attached hydrogens (tertiary/aromatic N) is 1. The van der Waals surface area contributed by atoms with Crippen molar-refractivity contribution in [2.45, 2.75) is 143 Å². The van der Waals surface area contributed by atoms with Crippen LogP contribution in [0.4, 0.5) is 17.1 Å². The molecule has 0 amide bonds. The number of hydrogen-bond donors (Lipinski definition) is 0. The third kappa shape index (κ3) is 11.5. The van der Waals surface area contributed by atoms with Gasteiger partial charge in [0.1, 0.15) is 0 Å². The van der Waals surface area contributed by atoms with Crippen molar-refractivity contribution in [2.75, 3.05) is 4.90 Å². The third-order valence-corrected chi connectivity index (χ3v) is 20.2. The van der Waals surface area contributed by atoms with Crippen LogP contribution < -0.4 is 4.90 Å². The summed E-state index contributed by atoms with van der Waals surface area (Å²) in [6.45, 7) is 47.6. The molecule has 0 N–H and O–H groups in total. The molecule has 1 heteroatoms.